The Hall–Kier alpha value is -2.07. The van der Waals surface area contributed by atoms with Crippen LogP contribution in [0.5, 0.6) is 11.5 Å². The molecule has 2 aromatic carbocycles. The van der Waals surface area contributed by atoms with Crippen molar-refractivity contribution in [2.75, 3.05) is 12.4 Å². The van der Waals surface area contributed by atoms with Gasteiger partial charge in [-0.25, -0.2) is 4.57 Å². The smallest absolute Gasteiger partial charge is 0.417 e. The lowest BCUT2D eigenvalue weighted by Crippen LogP contribution is -2.09. The highest BCUT2D eigenvalue weighted by molar-refractivity contribution is 8.55. The summed E-state index contributed by atoms with van der Waals surface area (Å²) in [5.74, 6) is 0.993. The first kappa shape index (κ1) is 24.2. The Morgan fingerprint density at radius 2 is 1.63 bits per heavy atom. The second kappa shape index (κ2) is 10.3. The number of benzene rings is 2. The molecule has 0 saturated heterocycles. The zero-order chi connectivity index (χ0) is 22.4. The largest absolute Gasteiger partial charge is 0.440 e. The van der Waals surface area contributed by atoms with Crippen molar-refractivity contribution in [1.82, 2.24) is 0 Å². The fourth-order valence-corrected chi connectivity index (χ4v) is 6.77. The van der Waals surface area contributed by atoms with Gasteiger partial charge < -0.3 is 8.71 Å². The first-order chi connectivity index (χ1) is 14.0. The molecule has 164 valence electrons. The van der Waals surface area contributed by atoms with Crippen molar-refractivity contribution in [2.45, 2.75) is 25.7 Å². The van der Waals surface area contributed by atoms with Gasteiger partial charge >= 0.3 is 16.9 Å². The number of hydrogen-bond acceptors (Lipinski definition) is 9. The fraction of sp³-hybridized carbons (Fsp3) is 0.333. The average molecular weight is 475 g/mol. The number of non-ortho nitro benzene ring substituents is 1. The van der Waals surface area contributed by atoms with Gasteiger partial charge in [-0.3, -0.25) is 14.6 Å². The van der Waals surface area contributed by atoms with Gasteiger partial charge in [0.25, 0.3) is 5.69 Å². The van der Waals surface area contributed by atoms with E-state index in [1.54, 1.807) is 6.92 Å². The van der Waals surface area contributed by atoms with E-state index in [1.807, 2.05) is 13.8 Å². The van der Waals surface area contributed by atoms with Crippen molar-refractivity contribution >= 4 is 34.0 Å². The van der Waals surface area contributed by atoms with Gasteiger partial charge in [0.1, 0.15) is 16.4 Å². The van der Waals surface area contributed by atoms with Crippen LogP contribution in [-0.2, 0) is 19.2 Å². The molecule has 2 aromatic rings. The normalized spacial score (nSPS) is 13.6. The first-order valence-electron chi connectivity index (χ1n) is 8.92. The Labute approximate surface area is 179 Å². The van der Waals surface area contributed by atoms with E-state index in [4.69, 9.17) is 13.2 Å². The summed E-state index contributed by atoms with van der Waals surface area (Å²) in [6.07, 6.45) is 0. The standard InChI is InChI=1S/C18H22NO8PS2/c1-4-25-28(22,29-13-14(2)3)26-16-9-11-18(12-10-16)30(23,24)27-17-7-5-15(6-8-17)19(20)21/h5-12,14H,4,13H2,1-3H3. The van der Waals surface area contributed by atoms with Gasteiger partial charge in [0.2, 0.25) is 0 Å². The maximum Gasteiger partial charge on any atom is 0.440 e. The maximum absolute atomic E-state index is 12.8. The Kier molecular flexibility index (Phi) is 8.31. The number of hydrogen-bond donors (Lipinski definition) is 0. The highest BCUT2D eigenvalue weighted by Gasteiger charge is 2.28. The van der Waals surface area contributed by atoms with Gasteiger partial charge in [-0.1, -0.05) is 13.8 Å². The maximum atomic E-state index is 12.8. The topological polar surface area (TPSA) is 122 Å². The SMILES string of the molecule is CCOP(=O)(Oc1ccc(S(=O)(=O)Oc2ccc([N+](=O)[O-])cc2)cc1)SCC(C)C. The molecule has 1 atom stereocenters. The van der Waals surface area contributed by atoms with Crippen LogP contribution in [0.15, 0.2) is 53.4 Å². The summed E-state index contributed by atoms with van der Waals surface area (Å²) in [5, 5.41) is 10.7. The molecule has 0 N–H and O–H groups in total. The summed E-state index contributed by atoms with van der Waals surface area (Å²) in [6.45, 7) is 2.43. The molecular weight excluding hydrogens is 453 g/mol. The Bertz CT molecular complexity index is 1010. The highest BCUT2D eigenvalue weighted by Crippen LogP contribution is 2.60. The van der Waals surface area contributed by atoms with Gasteiger partial charge in [-0.05, 0) is 60.6 Å². The quantitative estimate of drug-likeness (QED) is 0.185. The first-order valence-corrected chi connectivity index (χ1v) is 13.5. The molecule has 2 rings (SSSR count). The van der Waals surface area contributed by atoms with E-state index in [0.717, 1.165) is 23.5 Å². The van der Waals surface area contributed by atoms with Crippen LogP contribution in [-0.4, -0.2) is 25.7 Å². The van der Waals surface area contributed by atoms with Crippen LogP contribution in [0.1, 0.15) is 20.8 Å². The van der Waals surface area contributed by atoms with Gasteiger partial charge in [-0.15, -0.1) is 0 Å². The van der Waals surface area contributed by atoms with Crippen LogP contribution in [0.25, 0.3) is 0 Å². The average Bonchev–Trinajstić information content (AvgIpc) is 2.67. The monoisotopic (exact) mass is 475 g/mol. The van der Waals surface area contributed by atoms with Gasteiger partial charge in [0, 0.05) is 17.9 Å². The molecule has 0 aliphatic rings. The number of nitrogens with zero attached hydrogens (tertiary/aromatic N) is 1. The molecule has 12 heteroatoms. The Balaban J connectivity index is 2.12. The molecule has 0 fully saturated rings. The van der Waals surface area contributed by atoms with Crippen molar-refractivity contribution in [2.24, 2.45) is 5.92 Å². The Morgan fingerprint density at radius 1 is 1.07 bits per heavy atom. The number of nitro benzene ring substituents is 1. The molecule has 9 nitrogen and oxygen atoms in total. The molecule has 30 heavy (non-hydrogen) atoms. The van der Waals surface area contributed by atoms with E-state index in [1.165, 1.54) is 36.4 Å². The third-order valence-corrected chi connectivity index (χ3v) is 8.77. The predicted molar refractivity (Wildman–Crippen MR) is 115 cm³/mol. The van der Waals surface area contributed by atoms with Gasteiger partial charge in [0.05, 0.1) is 11.5 Å². The van der Waals surface area contributed by atoms with E-state index < -0.39 is 21.8 Å². The summed E-state index contributed by atoms with van der Waals surface area (Å²) in [4.78, 5) is 9.91. The van der Waals surface area contributed by atoms with E-state index in [-0.39, 0.29) is 34.6 Å². The number of rotatable bonds is 11. The summed E-state index contributed by atoms with van der Waals surface area (Å²) in [7, 11) is -4.17. The van der Waals surface area contributed by atoms with Crippen LogP contribution in [0.4, 0.5) is 5.69 Å². The molecular formula is C18H22NO8PS2. The minimum Gasteiger partial charge on any atom is -0.417 e. The van der Waals surface area contributed by atoms with E-state index in [2.05, 4.69) is 0 Å². The van der Waals surface area contributed by atoms with E-state index in [9.17, 15) is 23.1 Å². The molecule has 0 spiro atoms. The van der Waals surface area contributed by atoms with Crippen LogP contribution >= 0.6 is 18.2 Å². The Morgan fingerprint density at radius 3 is 2.13 bits per heavy atom. The third-order valence-electron chi connectivity index (χ3n) is 3.44. The van der Waals surface area contributed by atoms with Crippen LogP contribution in [0.3, 0.4) is 0 Å². The van der Waals surface area contributed by atoms with Crippen molar-refractivity contribution < 1.29 is 31.1 Å². The van der Waals surface area contributed by atoms with Crippen molar-refractivity contribution in [3.8, 4) is 11.5 Å². The second-order valence-electron chi connectivity index (χ2n) is 6.41. The van der Waals surface area contributed by atoms with Crippen LogP contribution in [0, 0.1) is 16.0 Å². The third kappa shape index (κ3) is 7.02. The summed E-state index contributed by atoms with van der Waals surface area (Å²) in [5.41, 5.74) is -0.185. The lowest BCUT2D eigenvalue weighted by molar-refractivity contribution is -0.384. The summed E-state index contributed by atoms with van der Waals surface area (Å²) < 4.78 is 53.4. The molecule has 0 radical (unpaired) electrons. The number of nitro groups is 1. The van der Waals surface area contributed by atoms with Gasteiger partial charge in [0.15, 0.2) is 0 Å². The molecule has 0 bridgehead atoms. The van der Waals surface area contributed by atoms with Crippen LogP contribution in [0.2, 0.25) is 0 Å². The van der Waals surface area contributed by atoms with Crippen molar-refractivity contribution in [3.63, 3.8) is 0 Å². The van der Waals surface area contributed by atoms with E-state index >= 15 is 0 Å². The summed E-state index contributed by atoms with van der Waals surface area (Å²) >= 11 is 1.09. The highest BCUT2D eigenvalue weighted by atomic mass is 32.7. The molecule has 0 amide bonds. The second-order valence-corrected chi connectivity index (χ2v) is 12.0. The molecule has 0 aliphatic carbocycles. The zero-order valence-electron chi connectivity index (χ0n) is 16.6. The van der Waals surface area contributed by atoms with Crippen molar-refractivity contribution in [3.05, 3.63) is 58.6 Å². The minimum atomic E-state index is -4.17. The summed E-state index contributed by atoms with van der Waals surface area (Å²) in [6, 6.07) is 9.87. The van der Waals surface area contributed by atoms with Crippen LogP contribution < -0.4 is 8.71 Å². The fourth-order valence-electron chi connectivity index (χ4n) is 2.08. The lowest BCUT2D eigenvalue weighted by Gasteiger charge is -2.18. The van der Waals surface area contributed by atoms with E-state index in [0.29, 0.717) is 5.75 Å². The molecule has 1 unspecified atom stereocenters. The molecule has 0 aliphatic heterocycles. The molecule has 0 aromatic heterocycles. The molecule has 0 heterocycles. The van der Waals surface area contributed by atoms with Gasteiger partial charge in [-0.2, -0.15) is 8.42 Å². The van der Waals surface area contributed by atoms with Crippen molar-refractivity contribution in [1.29, 1.82) is 0 Å². The predicted octanol–water partition coefficient (Wildman–Crippen LogP) is 5.28. The minimum absolute atomic E-state index is 0.0631. The lowest BCUT2D eigenvalue weighted by atomic mass is 10.3. The zero-order valence-corrected chi connectivity index (χ0v) is 19.1. The molecule has 0 saturated carbocycles.